The first-order valence-electron chi connectivity index (χ1n) is 7.51. The first-order chi connectivity index (χ1) is 9.65. The van der Waals surface area contributed by atoms with Crippen LogP contribution < -0.4 is 10.5 Å². The molecule has 2 atom stereocenters. The van der Waals surface area contributed by atoms with E-state index in [4.69, 9.17) is 10.5 Å². The molecular formula is C16H25N3O. The summed E-state index contributed by atoms with van der Waals surface area (Å²) in [5, 5.41) is 0. The lowest BCUT2D eigenvalue weighted by molar-refractivity contribution is 0.0388. The summed E-state index contributed by atoms with van der Waals surface area (Å²) in [6.07, 6.45) is 1.53. The van der Waals surface area contributed by atoms with Gasteiger partial charge in [0.2, 0.25) is 0 Å². The minimum absolute atomic E-state index is 0.363. The van der Waals surface area contributed by atoms with Gasteiger partial charge in [-0.2, -0.15) is 0 Å². The minimum atomic E-state index is 0.363. The van der Waals surface area contributed by atoms with E-state index in [9.17, 15) is 0 Å². The average molecular weight is 275 g/mol. The van der Waals surface area contributed by atoms with Crippen molar-refractivity contribution < 1.29 is 4.74 Å². The number of likely N-dealkylation sites (tertiary alicyclic amines) is 2. The molecule has 3 rings (SSSR count). The fraction of sp³-hybridized carbons (Fsp3) is 0.625. The van der Waals surface area contributed by atoms with Crippen molar-refractivity contribution in [3.05, 3.63) is 29.8 Å². The highest BCUT2D eigenvalue weighted by atomic mass is 16.5. The molecule has 0 aromatic heterocycles. The van der Waals surface area contributed by atoms with Crippen LogP contribution in [0.15, 0.2) is 24.3 Å². The summed E-state index contributed by atoms with van der Waals surface area (Å²) >= 11 is 0. The Labute approximate surface area is 121 Å². The van der Waals surface area contributed by atoms with Gasteiger partial charge in [0.05, 0.1) is 0 Å². The second kappa shape index (κ2) is 5.72. The van der Waals surface area contributed by atoms with E-state index in [0.29, 0.717) is 18.1 Å². The lowest BCUT2D eigenvalue weighted by Gasteiger charge is -2.36. The van der Waals surface area contributed by atoms with Crippen LogP contribution in [-0.4, -0.2) is 56.2 Å². The van der Waals surface area contributed by atoms with Gasteiger partial charge in [-0.1, -0.05) is 12.1 Å². The Morgan fingerprint density at radius 2 is 1.85 bits per heavy atom. The molecule has 2 saturated heterocycles. The number of benzene rings is 1. The highest BCUT2D eigenvalue weighted by molar-refractivity contribution is 5.30. The van der Waals surface area contributed by atoms with Crippen LogP contribution in [0.4, 0.5) is 0 Å². The monoisotopic (exact) mass is 275 g/mol. The Bertz CT molecular complexity index is 442. The van der Waals surface area contributed by atoms with Crippen LogP contribution in [0.3, 0.4) is 0 Å². The zero-order valence-corrected chi connectivity index (χ0v) is 12.5. The lowest BCUT2D eigenvalue weighted by Crippen LogP contribution is -2.51. The summed E-state index contributed by atoms with van der Waals surface area (Å²) in [4.78, 5) is 4.67. The van der Waals surface area contributed by atoms with Crippen molar-refractivity contribution in [1.82, 2.24) is 9.80 Å². The average Bonchev–Trinajstić information content (AvgIpc) is 2.79. The van der Waals surface area contributed by atoms with Crippen molar-refractivity contribution in [2.24, 2.45) is 11.7 Å². The summed E-state index contributed by atoms with van der Waals surface area (Å²) in [7, 11) is 4.31. The van der Waals surface area contributed by atoms with E-state index in [2.05, 4.69) is 48.2 Å². The van der Waals surface area contributed by atoms with Gasteiger partial charge < -0.3 is 10.5 Å². The summed E-state index contributed by atoms with van der Waals surface area (Å²) in [6.45, 7) is 3.96. The highest BCUT2D eigenvalue weighted by Gasteiger charge is 2.29. The Kier molecular flexibility index (Phi) is 3.96. The fourth-order valence-electron chi connectivity index (χ4n) is 3.34. The first-order valence-corrected chi connectivity index (χ1v) is 7.51. The largest absolute Gasteiger partial charge is 0.488 e. The van der Waals surface area contributed by atoms with E-state index in [-0.39, 0.29) is 0 Å². The number of ether oxygens (including phenoxy) is 1. The van der Waals surface area contributed by atoms with Crippen LogP contribution in [-0.2, 0) is 0 Å². The van der Waals surface area contributed by atoms with Crippen molar-refractivity contribution in [2.75, 3.05) is 40.3 Å². The fourth-order valence-corrected chi connectivity index (χ4v) is 3.34. The van der Waals surface area contributed by atoms with Crippen molar-refractivity contribution in [3.8, 4) is 5.75 Å². The van der Waals surface area contributed by atoms with E-state index in [1.54, 1.807) is 0 Å². The SMILES string of the molecule is CN1CC(Oc2ccc(C3CC(CN)CN3C)cc2)C1. The molecule has 2 unspecified atom stereocenters. The molecule has 0 radical (unpaired) electrons. The maximum absolute atomic E-state index is 5.93. The van der Waals surface area contributed by atoms with Crippen LogP contribution in [0.5, 0.6) is 5.75 Å². The van der Waals surface area contributed by atoms with Gasteiger partial charge in [0, 0.05) is 25.7 Å². The molecule has 2 aliphatic heterocycles. The molecule has 110 valence electrons. The number of rotatable bonds is 4. The van der Waals surface area contributed by atoms with Gasteiger partial charge in [-0.3, -0.25) is 9.80 Å². The van der Waals surface area contributed by atoms with E-state index in [1.807, 2.05) is 0 Å². The second-order valence-electron chi connectivity index (χ2n) is 6.32. The maximum atomic E-state index is 5.93. The zero-order valence-electron chi connectivity index (χ0n) is 12.5. The van der Waals surface area contributed by atoms with Crippen LogP contribution in [0.25, 0.3) is 0 Å². The molecule has 20 heavy (non-hydrogen) atoms. The molecule has 0 bridgehead atoms. The normalized spacial score (nSPS) is 28.6. The predicted octanol–water partition coefficient (Wildman–Crippen LogP) is 1.33. The zero-order chi connectivity index (χ0) is 14.1. The molecular weight excluding hydrogens is 250 g/mol. The number of likely N-dealkylation sites (N-methyl/N-ethyl adjacent to an activating group) is 1. The van der Waals surface area contributed by atoms with E-state index >= 15 is 0 Å². The van der Waals surface area contributed by atoms with Gasteiger partial charge in [-0.25, -0.2) is 0 Å². The summed E-state index contributed by atoms with van der Waals surface area (Å²) < 4.78 is 5.93. The standard InChI is InChI=1S/C16H25N3O/c1-18-10-15(11-18)20-14-5-3-13(4-6-14)16-7-12(8-17)9-19(16)2/h3-6,12,15-16H,7-11,17H2,1-2H3. The molecule has 2 N–H and O–H groups in total. The third-order valence-corrected chi connectivity index (χ3v) is 4.57. The van der Waals surface area contributed by atoms with Gasteiger partial charge in [0.1, 0.15) is 11.9 Å². The topological polar surface area (TPSA) is 41.7 Å². The highest BCUT2D eigenvalue weighted by Crippen LogP contribution is 2.34. The Morgan fingerprint density at radius 3 is 2.40 bits per heavy atom. The van der Waals surface area contributed by atoms with Crippen molar-refractivity contribution in [3.63, 3.8) is 0 Å². The van der Waals surface area contributed by atoms with Crippen molar-refractivity contribution in [1.29, 1.82) is 0 Å². The molecule has 1 aromatic rings. The first kappa shape index (κ1) is 13.9. The van der Waals surface area contributed by atoms with Crippen LogP contribution >= 0.6 is 0 Å². The predicted molar refractivity (Wildman–Crippen MR) is 80.9 cm³/mol. The Balaban J connectivity index is 1.61. The smallest absolute Gasteiger partial charge is 0.124 e. The quantitative estimate of drug-likeness (QED) is 0.900. The van der Waals surface area contributed by atoms with Gasteiger partial charge in [-0.15, -0.1) is 0 Å². The van der Waals surface area contributed by atoms with Crippen LogP contribution in [0.2, 0.25) is 0 Å². The van der Waals surface area contributed by atoms with E-state index in [0.717, 1.165) is 31.9 Å². The van der Waals surface area contributed by atoms with Gasteiger partial charge in [-0.05, 0) is 50.7 Å². The number of nitrogens with two attached hydrogens (primary N) is 1. The van der Waals surface area contributed by atoms with Crippen molar-refractivity contribution in [2.45, 2.75) is 18.6 Å². The Morgan fingerprint density at radius 1 is 1.15 bits per heavy atom. The third-order valence-electron chi connectivity index (χ3n) is 4.57. The molecule has 0 amide bonds. The third kappa shape index (κ3) is 2.82. The maximum Gasteiger partial charge on any atom is 0.124 e. The minimum Gasteiger partial charge on any atom is -0.488 e. The van der Waals surface area contributed by atoms with Crippen LogP contribution in [0, 0.1) is 5.92 Å². The molecule has 4 heteroatoms. The number of hydrogen-bond donors (Lipinski definition) is 1. The summed E-state index contributed by atoms with van der Waals surface area (Å²) in [5.74, 6) is 1.62. The molecule has 0 aliphatic carbocycles. The molecule has 4 nitrogen and oxygen atoms in total. The Hall–Kier alpha value is -1.10. The molecule has 1 aromatic carbocycles. The molecule has 2 heterocycles. The number of hydrogen-bond acceptors (Lipinski definition) is 4. The van der Waals surface area contributed by atoms with Crippen molar-refractivity contribution >= 4 is 0 Å². The molecule has 0 saturated carbocycles. The second-order valence-corrected chi connectivity index (χ2v) is 6.32. The summed E-state index contributed by atoms with van der Waals surface area (Å²) in [5.41, 5.74) is 7.17. The van der Waals surface area contributed by atoms with E-state index < -0.39 is 0 Å². The van der Waals surface area contributed by atoms with Crippen LogP contribution in [0.1, 0.15) is 18.0 Å². The summed E-state index contributed by atoms with van der Waals surface area (Å²) in [6, 6.07) is 9.14. The molecule has 2 aliphatic rings. The van der Waals surface area contributed by atoms with Gasteiger partial charge >= 0.3 is 0 Å². The van der Waals surface area contributed by atoms with Gasteiger partial charge in [0.15, 0.2) is 0 Å². The van der Waals surface area contributed by atoms with Gasteiger partial charge in [0.25, 0.3) is 0 Å². The lowest BCUT2D eigenvalue weighted by atomic mass is 10.00. The molecule has 0 spiro atoms. The van der Waals surface area contributed by atoms with E-state index in [1.165, 1.54) is 12.0 Å². The number of nitrogens with zero attached hydrogens (tertiary/aromatic N) is 2. The molecule has 2 fully saturated rings.